The molecule has 1 heterocycles. The molecule has 0 bridgehead atoms. The first kappa shape index (κ1) is 15.8. The molecule has 0 aliphatic heterocycles. The number of hydrogen-bond acceptors (Lipinski definition) is 5. The van der Waals surface area contributed by atoms with Crippen LogP contribution in [0.5, 0.6) is 0 Å². The summed E-state index contributed by atoms with van der Waals surface area (Å²) in [7, 11) is 1.68. The van der Waals surface area contributed by atoms with Crippen LogP contribution in [-0.2, 0) is 4.74 Å². The molecule has 2 N–H and O–H groups in total. The molecule has 0 atom stereocenters. The summed E-state index contributed by atoms with van der Waals surface area (Å²) >= 11 is 12.1. The van der Waals surface area contributed by atoms with E-state index in [2.05, 4.69) is 20.6 Å². The maximum atomic E-state index is 6.12. The zero-order valence-corrected chi connectivity index (χ0v) is 13.1. The van der Waals surface area contributed by atoms with Crippen LogP contribution in [0, 0.1) is 0 Å². The van der Waals surface area contributed by atoms with Crippen molar-refractivity contribution < 1.29 is 4.74 Å². The van der Waals surface area contributed by atoms with Crippen LogP contribution in [0.25, 0.3) is 0 Å². The van der Waals surface area contributed by atoms with Gasteiger partial charge in [-0.25, -0.2) is 4.98 Å². The van der Waals surface area contributed by atoms with Gasteiger partial charge in [-0.2, -0.15) is 4.98 Å². The fourth-order valence-corrected chi connectivity index (χ4v) is 2.02. The summed E-state index contributed by atoms with van der Waals surface area (Å²) in [5.74, 6) is 1.19. The molecule has 0 fully saturated rings. The van der Waals surface area contributed by atoms with Crippen molar-refractivity contribution in [1.82, 2.24) is 9.97 Å². The van der Waals surface area contributed by atoms with Crippen LogP contribution in [0.15, 0.2) is 30.5 Å². The maximum absolute atomic E-state index is 6.12. The summed E-state index contributed by atoms with van der Waals surface area (Å²) < 4.78 is 4.99. The predicted octanol–water partition coefficient (Wildman–Crippen LogP) is 3.98. The van der Waals surface area contributed by atoms with Crippen LogP contribution in [0.3, 0.4) is 0 Å². The maximum Gasteiger partial charge on any atom is 0.229 e. The smallest absolute Gasteiger partial charge is 0.229 e. The van der Waals surface area contributed by atoms with Gasteiger partial charge in [-0.3, -0.25) is 0 Å². The third kappa shape index (κ3) is 4.74. The number of nitrogens with zero attached hydrogens (tertiary/aromatic N) is 2. The first-order chi connectivity index (χ1) is 10.2. The van der Waals surface area contributed by atoms with Gasteiger partial charge in [-0.15, -0.1) is 0 Å². The molecule has 0 aliphatic rings. The van der Waals surface area contributed by atoms with E-state index in [1.807, 2.05) is 12.1 Å². The predicted molar refractivity (Wildman–Crippen MR) is 86.8 cm³/mol. The van der Waals surface area contributed by atoms with E-state index in [0.29, 0.717) is 28.3 Å². The van der Waals surface area contributed by atoms with Gasteiger partial charge in [0.1, 0.15) is 5.82 Å². The number of rotatable bonds is 7. The lowest BCUT2D eigenvalue weighted by atomic mass is 10.3. The molecule has 5 nitrogen and oxygen atoms in total. The van der Waals surface area contributed by atoms with Crippen molar-refractivity contribution in [3.63, 3.8) is 0 Å². The van der Waals surface area contributed by atoms with Crippen molar-refractivity contribution in [2.24, 2.45) is 0 Å². The van der Waals surface area contributed by atoms with Gasteiger partial charge in [0.05, 0.1) is 15.7 Å². The van der Waals surface area contributed by atoms with Crippen molar-refractivity contribution in [1.29, 1.82) is 0 Å². The number of benzene rings is 1. The molecule has 0 saturated heterocycles. The van der Waals surface area contributed by atoms with Crippen molar-refractivity contribution >= 4 is 40.7 Å². The summed E-state index contributed by atoms with van der Waals surface area (Å²) in [6, 6.07) is 7.15. The molecule has 112 valence electrons. The van der Waals surface area contributed by atoms with Crippen LogP contribution in [0.1, 0.15) is 6.42 Å². The minimum Gasteiger partial charge on any atom is -0.385 e. The number of nitrogens with one attached hydrogen (secondary N) is 2. The van der Waals surface area contributed by atoms with E-state index >= 15 is 0 Å². The van der Waals surface area contributed by atoms with Crippen molar-refractivity contribution in [2.45, 2.75) is 6.42 Å². The highest BCUT2D eigenvalue weighted by molar-refractivity contribution is 6.43. The Kier molecular flexibility index (Phi) is 6.04. The Hall–Kier alpha value is -1.56. The average molecular weight is 327 g/mol. The van der Waals surface area contributed by atoms with E-state index in [9.17, 15) is 0 Å². The molecule has 0 amide bonds. The Labute approximate surface area is 133 Å². The SMILES string of the molecule is COCCCNc1ccnc(Nc2cccc(Cl)c2Cl)n1. The summed E-state index contributed by atoms with van der Waals surface area (Å²) in [5.41, 5.74) is 0.667. The third-order valence-electron chi connectivity index (χ3n) is 2.69. The number of halogens is 2. The summed E-state index contributed by atoms with van der Waals surface area (Å²) in [4.78, 5) is 8.52. The fourth-order valence-electron chi connectivity index (χ4n) is 1.67. The van der Waals surface area contributed by atoms with E-state index in [1.54, 1.807) is 25.4 Å². The second kappa shape index (κ2) is 8.02. The number of hydrogen-bond donors (Lipinski definition) is 2. The molecule has 2 aromatic rings. The molecule has 0 unspecified atom stereocenters. The number of methoxy groups -OCH3 is 1. The zero-order chi connectivity index (χ0) is 15.1. The standard InChI is InChI=1S/C14H16Cl2N4O/c1-21-9-3-7-17-12-6-8-18-14(20-12)19-11-5-2-4-10(15)13(11)16/h2,4-6,8H,3,7,9H2,1H3,(H2,17,18,19,20). The molecule has 2 rings (SSSR count). The Morgan fingerprint density at radius 3 is 2.90 bits per heavy atom. The number of aromatic nitrogens is 2. The molecule has 1 aromatic heterocycles. The van der Waals surface area contributed by atoms with E-state index in [4.69, 9.17) is 27.9 Å². The molecular formula is C14H16Cl2N4O. The van der Waals surface area contributed by atoms with Crippen molar-refractivity contribution in [3.8, 4) is 0 Å². The van der Waals surface area contributed by atoms with Crippen LogP contribution in [-0.4, -0.2) is 30.2 Å². The van der Waals surface area contributed by atoms with Crippen LogP contribution < -0.4 is 10.6 Å². The molecule has 0 saturated carbocycles. The Balaban J connectivity index is 2.02. The van der Waals surface area contributed by atoms with E-state index in [1.165, 1.54) is 0 Å². The van der Waals surface area contributed by atoms with Gasteiger partial charge in [0.25, 0.3) is 0 Å². The number of ether oxygens (including phenoxy) is 1. The van der Waals surface area contributed by atoms with E-state index in [-0.39, 0.29) is 0 Å². The number of anilines is 3. The van der Waals surface area contributed by atoms with Gasteiger partial charge < -0.3 is 15.4 Å². The molecule has 21 heavy (non-hydrogen) atoms. The van der Waals surface area contributed by atoms with Crippen molar-refractivity contribution in [3.05, 3.63) is 40.5 Å². The van der Waals surface area contributed by atoms with Gasteiger partial charge in [0.15, 0.2) is 0 Å². The van der Waals surface area contributed by atoms with Crippen LogP contribution >= 0.6 is 23.2 Å². The largest absolute Gasteiger partial charge is 0.385 e. The quantitative estimate of drug-likeness (QED) is 0.754. The van der Waals surface area contributed by atoms with Crippen LogP contribution in [0.2, 0.25) is 10.0 Å². The molecule has 1 aromatic carbocycles. The highest BCUT2D eigenvalue weighted by atomic mass is 35.5. The highest BCUT2D eigenvalue weighted by Gasteiger charge is 2.06. The zero-order valence-electron chi connectivity index (χ0n) is 11.6. The molecule has 0 spiro atoms. The topological polar surface area (TPSA) is 59.1 Å². The highest BCUT2D eigenvalue weighted by Crippen LogP contribution is 2.30. The Morgan fingerprint density at radius 2 is 2.10 bits per heavy atom. The molecular weight excluding hydrogens is 311 g/mol. The van der Waals surface area contributed by atoms with Gasteiger partial charge >= 0.3 is 0 Å². The molecule has 7 heteroatoms. The summed E-state index contributed by atoms with van der Waals surface area (Å²) in [5, 5.41) is 7.18. The van der Waals surface area contributed by atoms with E-state index < -0.39 is 0 Å². The monoisotopic (exact) mass is 326 g/mol. The second-order valence-electron chi connectivity index (χ2n) is 4.26. The lowest BCUT2D eigenvalue weighted by Gasteiger charge is -2.09. The fraction of sp³-hybridized carbons (Fsp3) is 0.286. The second-order valence-corrected chi connectivity index (χ2v) is 5.05. The van der Waals surface area contributed by atoms with Crippen LogP contribution in [0.4, 0.5) is 17.5 Å². The van der Waals surface area contributed by atoms with Gasteiger partial charge in [-0.05, 0) is 24.6 Å². The normalized spacial score (nSPS) is 10.4. The lowest BCUT2D eigenvalue weighted by Crippen LogP contribution is -2.07. The minimum atomic E-state index is 0.446. The molecule has 0 aliphatic carbocycles. The summed E-state index contributed by atoms with van der Waals surface area (Å²) in [6.45, 7) is 1.49. The average Bonchev–Trinajstić information content (AvgIpc) is 2.49. The third-order valence-corrected chi connectivity index (χ3v) is 3.50. The van der Waals surface area contributed by atoms with Gasteiger partial charge in [-0.1, -0.05) is 29.3 Å². The van der Waals surface area contributed by atoms with E-state index in [0.717, 1.165) is 18.8 Å². The first-order valence-corrected chi connectivity index (χ1v) is 7.23. The summed E-state index contributed by atoms with van der Waals surface area (Å²) in [6.07, 6.45) is 2.58. The Morgan fingerprint density at radius 1 is 1.24 bits per heavy atom. The first-order valence-electron chi connectivity index (χ1n) is 6.47. The Bertz CT molecular complexity index is 595. The lowest BCUT2D eigenvalue weighted by molar-refractivity contribution is 0.198. The van der Waals surface area contributed by atoms with Gasteiger partial charge in [0.2, 0.25) is 5.95 Å². The van der Waals surface area contributed by atoms with Crippen molar-refractivity contribution in [2.75, 3.05) is 30.9 Å². The minimum absolute atomic E-state index is 0.446. The molecule has 0 radical (unpaired) electrons. The van der Waals surface area contributed by atoms with Gasteiger partial charge in [0, 0.05) is 26.5 Å².